The van der Waals surface area contributed by atoms with Crippen molar-refractivity contribution in [2.24, 2.45) is 11.0 Å². The fourth-order valence-electron chi connectivity index (χ4n) is 4.99. The lowest BCUT2D eigenvalue weighted by Crippen LogP contribution is -2.44. The lowest BCUT2D eigenvalue weighted by atomic mass is 9.97. The van der Waals surface area contributed by atoms with Crippen LogP contribution in [0.2, 0.25) is 0 Å². The summed E-state index contributed by atoms with van der Waals surface area (Å²) in [5.41, 5.74) is 2.71. The first kappa shape index (κ1) is 24.1. The van der Waals surface area contributed by atoms with E-state index in [-0.39, 0.29) is 37.2 Å². The van der Waals surface area contributed by atoms with Gasteiger partial charge in [0.15, 0.2) is 11.5 Å². The maximum atomic E-state index is 13.6. The molecule has 5 rings (SSSR count). The maximum absolute atomic E-state index is 13.6. The van der Waals surface area contributed by atoms with Crippen LogP contribution >= 0.6 is 0 Å². The Kier molecular flexibility index (Phi) is 7.09. The van der Waals surface area contributed by atoms with Gasteiger partial charge < -0.3 is 18.9 Å². The number of carbonyl (C=O) groups is 2. The summed E-state index contributed by atoms with van der Waals surface area (Å²) in [6, 6.07) is 13.2. The molecule has 1 fully saturated rings. The van der Waals surface area contributed by atoms with Crippen LogP contribution in [0.4, 0.5) is 0 Å². The number of hydrogen-bond donors (Lipinski definition) is 0. The SMILES string of the molecule is CCOC(=O)[C@H]1CCCN(CC(=O)N2N=C(c3ccc(OC)cc3)C[C@@H]2c2ccc3c(c2)OCO3)C1. The van der Waals surface area contributed by atoms with E-state index in [1.165, 1.54) is 0 Å². The molecule has 2 aromatic carbocycles. The number of rotatable bonds is 7. The Bertz CT molecular complexity index is 1150. The van der Waals surface area contributed by atoms with Gasteiger partial charge in [-0.15, -0.1) is 0 Å². The molecule has 3 aliphatic rings. The van der Waals surface area contributed by atoms with Gasteiger partial charge in [-0.1, -0.05) is 6.07 Å². The molecule has 0 N–H and O–H groups in total. The minimum absolute atomic E-state index is 0.106. The standard InChI is InChI=1S/C27H31N3O6/c1-3-34-27(32)20-5-4-12-29(15-20)16-26(31)30-23(19-8-11-24-25(13-19)36-17-35-24)14-22(28-30)18-6-9-21(33-2)10-7-18/h6-11,13,20,23H,3-5,12,14-17H2,1-2H3/t20-,23+/m0/s1. The van der Waals surface area contributed by atoms with Crippen LogP contribution in [0.25, 0.3) is 0 Å². The zero-order chi connectivity index (χ0) is 25.1. The highest BCUT2D eigenvalue weighted by Crippen LogP contribution is 2.39. The number of carbonyl (C=O) groups excluding carboxylic acids is 2. The average molecular weight is 494 g/mol. The molecule has 190 valence electrons. The number of hydrogen-bond acceptors (Lipinski definition) is 8. The highest BCUT2D eigenvalue weighted by molar-refractivity contribution is 6.03. The molecule has 3 aliphatic heterocycles. The molecule has 36 heavy (non-hydrogen) atoms. The van der Waals surface area contributed by atoms with Gasteiger partial charge in [-0.2, -0.15) is 5.10 Å². The van der Waals surface area contributed by atoms with Gasteiger partial charge in [0.2, 0.25) is 6.79 Å². The number of likely N-dealkylation sites (tertiary alicyclic amines) is 1. The lowest BCUT2D eigenvalue weighted by molar-refractivity contribution is -0.150. The van der Waals surface area contributed by atoms with Crippen LogP contribution in [-0.2, 0) is 14.3 Å². The van der Waals surface area contributed by atoms with E-state index in [4.69, 9.17) is 24.0 Å². The van der Waals surface area contributed by atoms with Crippen LogP contribution in [0.15, 0.2) is 47.6 Å². The normalized spacial score (nSPS) is 21.3. The molecule has 0 radical (unpaired) electrons. The van der Waals surface area contributed by atoms with E-state index in [2.05, 4.69) is 0 Å². The Morgan fingerprint density at radius 1 is 1.11 bits per heavy atom. The van der Waals surface area contributed by atoms with Crippen molar-refractivity contribution in [1.82, 2.24) is 9.91 Å². The number of benzene rings is 2. The monoisotopic (exact) mass is 493 g/mol. The minimum atomic E-state index is -0.269. The number of methoxy groups -OCH3 is 1. The van der Waals surface area contributed by atoms with E-state index in [0.717, 1.165) is 42.0 Å². The molecule has 9 nitrogen and oxygen atoms in total. The molecular weight excluding hydrogens is 462 g/mol. The zero-order valence-corrected chi connectivity index (χ0v) is 20.6. The van der Waals surface area contributed by atoms with E-state index in [9.17, 15) is 9.59 Å². The molecular formula is C27H31N3O6. The Labute approximate surface area is 210 Å². The van der Waals surface area contributed by atoms with Crippen molar-refractivity contribution in [2.75, 3.05) is 40.1 Å². The molecule has 0 aromatic heterocycles. The fraction of sp³-hybridized carbons (Fsp3) is 0.444. The topological polar surface area (TPSA) is 89.9 Å². The van der Waals surface area contributed by atoms with Crippen molar-refractivity contribution in [1.29, 1.82) is 0 Å². The average Bonchev–Trinajstić information content (AvgIpc) is 3.56. The molecule has 0 saturated carbocycles. The first-order chi connectivity index (χ1) is 17.6. The molecule has 9 heteroatoms. The van der Waals surface area contributed by atoms with Crippen molar-refractivity contribution < 1.29 is 28.5 Å². The fourth-order valence-corrected chi connectivity index (χ4v) is 4.99. The smallest absolute Gasteiger partial charge is 0.310 e. The summed E-state index contributed by atoms with van der Waals surface area (Å²) in [4.78, 5) is 27.9. The van der Waals surface area contributed by atoms with Gasteiger partial charge in [-0.05, 0) is 73.8 Å². The number of piperidine rings is 1. The summed E-state index contributed by atoms with van der Waals surface area (Å²) in [6.45, 7) is 3.83. The Hall–Kier alpha value is -3.59. The minimum Gasteiger partial charge on any atom is -0.497 e. The van der Waals surface area contributed by atoms with Crippen molar-refractivity contribution in [3.8, 4) is 17.2 Å². The molecule has 2 aromatic rings. The van der Waals surface area contributed by atoms with Gasteiger partial charge in [0.1, 0.15) is 5.75 Å². The van der Waals surface area contributed by atoms with Crippen molar-refractivity contribution in [3.05, 3.63) is 53.6 Å². The molecule has 0 bridgehead atoms. The highest BCUT2D eigenvalue weighted by atomic mass is 16.7. The van der Waals surface area contributed by atoms with Crippen LogP contribution in [0.1, 0.15) is 43.4 Å². The van der Waals surface area contributed by atoms with Gasteiger partial charge in [0.25, 0.3) is 5.91 Å². The van der Waals surface area contributed by atoms with Gasteiger partial charge in [0, 0.05) is 13.0 Å². The molecule has 1 amide bonds. The quantitative estimate of drug-likeness (QED) is 0.546. The summed E-state index contributed by atoms with van der Waals surface area (Å²) in [6.07, 6.45) is 2.21. The number of hydrazone groups is 1. The highest BCUT2D eigenvalue weighted by Gasteiger charge is 2.36. The van der Waals surface area contributed by atoms with Crippen LogP contribution in [0.5, 0.6) is 17.2 Å². The molecule has 3 heterocycles. The number of nitrogens with zero attached hydrogens (tertiary/aromatic N) is 3. The van der Waals surface area contributed by atoms with Gasteiger partial charge in [0.05, 0.1) is 37.9 Å². The Morgan fingerprint density at radius 2 is 1.92 bits per heavy atom. The first-order valence-electron chi connectivity index (χ1n) is 12.4. The predicted molar refractivity (Wildman–Crippen MR) is 132 cm³/mol. The Morgan fingerprint density at radius 3 is 2.69 bits per heavy atom. The van der Waals surface area contributed by atoms with E-state index in [1.807, 2.05) is 54.3 Å². The van der Waals surface area contributed by atoms with E-state index in [1.54, 1.807) is 12.1 Å². The summed E-state index contributed by atoms with van der Waals surface area (Å²) >= 11 is 0. The predicted octanol–water partition coefficient (Wildman–Crippen LogP) is 3.38. The number of fused-ring (bicyclic) bond motifs is 1. The third kappa shape index (κ3) is 5.02. The summed E-state index contributed by atoms with van der Waals surface area (Å²) in [5, 5.41) is 6.37. The number of amides is 1. The zero-order valence-electron chi connectivity index (χ0n) is 20.6. The van der Waals surface area contributed by atoms with E-state index < -0.39 is 0 Å². The summed E-state index contributed by atoms with van der Waals surface area (Å²) in [7, 11) is 1.63. The Balaban J connectivity index is 1.37. The summed E-state index contributed by atoms with van der Waals surface area (Å²) in [5.74, 6) is 1.64. The second-order valence-corrected chi connectivity index (χ2v) is 9.17. The largest absolute Gasteiger partial charge is 0.497 e. The molecule has 0 aliphatic carbocycles. The molecule has 2 atom stereocenters. The van der Waals surface area contributed by atoms with Gasteiger partial charge >= 0.3 is 5.97 Å². The summed E-state index contributed by atoms with van der Waals surface area (Å²) < 4.78 is 21.5. The third-order valence-corrected chi connectivity index (χ3v) is 6.85. The van der Waals surface area contributed by atoms with Crippen molar-refractivity contribution >= 4 is 17.6 Å². The van der Waals surface area contributed by atoms with Crippen LogP contribution in [-0.4, -0.2) is 67.6 Å². The number of esters is 1. The lowest BCUT2D eigenvalue weighted by Gasteiger charge is -2.32. The third-order valence-electron chi connectivity index (χ3n) is 6.85. The molecule has 1 saturated heterocycles. The van der Waals surface area contributed by atoms with Crippen LogP contribution in [0.3, 0.4) is 0 Å². The molecule has 0 unspecified atom stereocenters. The van der Waals surface area contributed by atoms with Gasteiger partial charge in [-0.3, -0.25) is 14.5 Å². The first-order valence-corrected chi connectivity index (χ1v) is 12.4. The van der Waals surface area contributed by atoms with Crippen LogP contribution < -0.4 is 14.2 Å². The van der Waals surface area contributed by atoms with Crippen molar-refractivity contribution in [3.63, 3.8) is 0 Å². The molecule has 0 spiro atoms. The van der Waals surface area contributed by atoms with E-state index >= 15 is 0 Å². The van der Waals surface area contributed by atoms with Crippen molar-refractivity contribution in [2.45, 2.75) is 32.2 Å². The second kappa shape index (κ2) is 10.6. The van der Waals surface area contributed by atoms with E-state index in [0.29, 0.717) is 31.1 Å². The van der Waals surface area contributed by atoms with Gasteiger partial charge in [-0.25, -0.2) is 5.01 Å². The van der Waals surface area contributed by atoms with Crippen LogP contribution in [0, 0.1) is 5.92 Å². The second-order valence-electron chi connectivity index (χ2n) is 9.17. The number of ether oxygens (including phenoxy) is 4. The maximum Gasteiger partial charge on any atom is 0.310 e.